The van der Waals surface area contributed by atoms with Gasteiger partial charge in [-0.25, -0.2) is 0 Å². The highest BCUT2D eigenvalue weighted by Gasteiger charge is 2.56. The van der Waals surface area contributed by atoms with Crippen LogP contribution in [0.15, 0.2) is 30.3 Å². The molecule has 6 nitrogen and oxygen atoms in total. The molecule has 3 aliphatic heterocycles. The largest absolute Gasteiger partial charge is 0.475 e. The maximum Gasteiger partial charge on any atom is 0.279 e. The summed E-state index contributed by atoms with van der Waals surface area (Å²) in [7, 11) is 0. The molecule has 1 N–H and O–H groups in total. The van der Waals surface area contributed by atoms with E-state index in [9.17, 15) is 0 Å². The Kier molecular flexibility index (Phi) is 4.74. The molecule has 160 valence electrons. The number of nitrogens with one attached hydrogen (secondary N) is 1. The predicted molar refractivity (Wildman–Crippen MR) is 115 cm³/mol. The summed E-state index contributed by atoms with van der Waals surface area (Å²) in [4.78, 5) is 3.92. The van der Waals surface area contributed by atoms with E-state index in [1.54, 1.807) is 0 Å². The molecule has 3 fully saturated rings. The molecule has 1 aliphatic carbocycles. The molecule has 0 aromatic heterocycles. The van der Waals surface area contributed by atoms with Gasteiger partial charge in [-0.15, -0.1) is 0 Å². The standard InChI is InChI=1S/C24H30N2O4/c1-2-6-19-18(5-1)20(25-9-13-27-14-10-25)17-21-23(19)29-22-7-3-4-8-24(22,30-21)26-11-15-28-16-12-26/h1-2,5-6,17,22H,3-4,7-16H2/p+1/t22-,24-/m0/s1. The Bertz CT molecular complexity index is 923. The van der Waals surface area contributed by atoms with E-state index in [2.05, 4.69) is 35.2 Å². The minimum atomic E-state index is -0.292. The second-order valence-electron chi connectivity index (χ2n) is 8.93. The van der Waals surface area contributed by atoms with E-state index in [1.807, 2.05) is 0 Å². The van der Waals surface area contributed by atoms with Crippen LogP contribution >= 0.6 is 0 Å². The number of hydrogen-bond acceptors (Lipinski definition) is 5. The van der Waals surface area contributed by atoms with E-state index >= 15 is 0 Å². The molecule has 2 aromatic carbocycles. The van der Waals surface area contributed by atoms with Gasteiger partial charge in [-0.2, -0.15) is 0 Å². The maximum absolute atomic E-state index is 7.03. The first-order chi connectivity index (χ1) is 14.9. The van der Waals surface area contributed by atoms with Crippen LogP contribution < -0.4 is 19.3 Å². The third kappa shape index (κ3) is 2.96. The molecular formula is C24H31N2O4+. The lowest BCUT2D eigenvalue weighted by Gasteiger charge is -2.50. The van der Waals surface area contributed by atoms with Gasteiger partial charge in [-0.1, -0.05) is 24.3 Å². The molecule has 4 aliphatic rings. The number of fused-ring (bicyclic) bond motifs is 4. The Morgan fingerprint density at radius 2 is 1.70 bits per heavy atom. The quantitative estimate of drug-likeness (QED) is 0.819. The molecule has 1 saturated carbocycles. The number of benzene rings is 2. The summed E-state index contributed by atoms with van der Waals surface area (Å²) in [5.74, 6) is 1.84. The van der Waals surface area contributed by atoms with Gasteiger partial charge in [0.25, 0.3) is 5.72 Å². The second kappa shape index (κ2) is 7.59. The minimum Gasteiger partial charge on any atom is -0.475 e. The van der Waals surface area contributed by atoms with E-state index in [0.29, 0.717) is 0 Å². The first-order valence-corrected chi connectivity index (χ1v) is 11.5. The van der Waals surface area contributed by atoms with Crippen molar-refractivity contribution in [1.29, 1.82) is 0 Å². The summed E-state index contributed by atoms with van der Waals surface area (Å²) in [6.07, 6.45) is 4.61. The van der Waals surface area contributed by atoms with Crippen LogP contribution in [-0.2, 0) is 9.47 Å². The lowest BCUT2D eigenvalue weighted by atomic mass is 9.85. The molecule has 6 heteroatoms. The topological polar surface area (TPSA) is 44.6 Å². The van der Waals surface area contributed by atoms with E-state index in [1.165, 1.54) is 28.8 Å². The Balaban J connectivity index is 1.47. The first-order valence-electron chi connectivity index (χ1n) is 11.5. The van der Waals surface area contributed by atoms with Gasteiger partial charge in [0.15, 0.2) is 17.6 Å². The first kappa shape index (κ1) is 18.7. The molecule has 2 aromatic rings. The average Bonchev–Trinajstić information content (AvgIpc) is 2.83. The number of nitrogens with zero attached hydrogens (tertiary/aromatic N) is 1. The van der Waals surface area contributed by atoms with Crippen molar-refractivity contribution in [1.82, 2.24) is 0 Å². The monoisotopic (exact) mass is 411 g/mol. The van der Waals surface area contributed by atoms with Crippen molar-refractivity contribution in [3.63, 3.8) is 0 Å². The van der Waals surface area contributed by atoms with Gasteiger partial charge >= 0.3 is 0 Å². The van der Waals surface area contributed by atoms with Crippen LogP contribution in [0.3, 0.4) is 0 Å². The van der Waals surface area contributed by atoms with Crippen molar-refractivity contribution in [2.24, 2.45) is 0 Å². The van der Waals surface area contributed by atoms with Crippen molar-refractivity contribution in [3.05, 3.63) is 30.3 Å². The minimum absolute atomic E-state index is 0.101. The number of rotatable bonds is 2. The van der Waals surface area contributed by atoms with E-state index in [4.69, 9.17) is 18.9 Å². The summed E-state index contributed by atoms with van der Waals surface area (Å²) in [5.41, 5.74) is 0.942. The fourth-order valence-corrected chi connectivity index (χ4v) is 5.81. The molecule has 6 rings (SSSR count). The number of anilines is 1. The van der Waals surface area contributed by atoms with Gasteiger partial charge in [-0.05, 0) is 19.3 Å². The van der Waals surface area contributed by atoms with E-state index in [-0.39, 0.29) is 11.8 Å². The van der Waals surface area contributed by atoms with Gasteiger partial charge < -0.3 is 23.8 Å². The number of ether oxygens (including phenoxy) is 4. The van der Waals surface area contributed by atoms with Gasteiger partial charge in [0.2, 0.25) is 0 Å². The van der Waals surface area contributed by atoms with Crippen molar-refractivity contribution >= 4 is 16.5 Å². The summed E-state index contributed by atoms with van der Waals surface area (Å²) in [6, 6.07) is 10.8. The zero-order chi connectivity index (χ0) is 20.0. The molecule has 0 bridgehead atoms. The lowest BCUT2D eigenvalue weighted by Crippen LogP contribution is -3.24. The smallest absolute Gasteiger partial charge is 0.279 e. The summed E-state index contributed by atoms with van der Waals surface area (Å²) in [5, 5.41) is 2.40. The molecule has 0 unspecified atom stereocenters. The van der Waals surface area contributed by atoms with E-state index in [0.717, 1.165) is 82.3 Å². The van der Waals surface area contributed by atoms with Crippen LogP contribution in [0.25, 0.3) is 10.8 Å². The predicted octanol–water partition coefficient (Wildman–Crippen LogP) is 2.00. The summed E-state index contributed by atoms with van der Waals surface area (Å²) in [6.45, 7) is 6.93. The highest BCUT2D eigenvalue weighted by molar-refractivity contribution is 6.00. The average molecular weight is 412 g/mol. The van der Waals surface area contributed by atoms with Crippen molar-refractivity contribution < 1.29 is 23.8 Å². The molecule has 0 radical (unpaired) electrons. The van der Waals surface area contributed by atoms with Crippen LogP contribution in [-0.4, -0.2) is 64.4 Å². The van der Waals surface area contributed by atoms with E-state index < -0.39 is 0 Å². The Morgan fingerprint density at radius 3 is 2.53 bits per heavy atom. The summed E-state index contributed by atoms with van der Waals surface area (Å²) >= 11 is 0. The van der Waals surface area contributed by atoms with Gasteiger partial charge in [0, 0.05) is 42.0 Å². The lowest BCUT2D eigenvalue weighted by molar-refractivity contribution is -0.986. The Morgan fingerprint density at radius 1 is 0.933 bits per heavy atom. The highest BCUT2D eigenvalue weighted by atomic mass is 16.6. The number of hydrogen-bond donors (Lipinski definition) is 1. The molecule has 3 heterocycles. The Labute approximate surface area is 177 Å². The number of morpholine rings is 2. The molecule has 0 amide bonds. The fourth-order valence-electron chi connectivity index (χ4n) is 5.81. The van der Waals surface area contributed by atoms with Crippen LogP contribution in [0.4, 0.5) is 5.69 Å². The number of quaternary nitrogens is 1. The van der Waals surface area contributed by atoms with Gasteiger partial charge in [0.1, 0.15) is 13.1 Å². The van der Waals surface area contributed by atoms with Gasteiger partial charge in [-0.3, -0.25) is 4.90 Å². The summed E-state index contributed by atoms with van der Waals surface area (Å²) < 4.78 is 25.1. The van der Waals surface area contributed by atoms with Crippen LogP contribution in [0.5, 0.6) is 11.5 Å². The third-order valence-electron chi connectivity index (χ3n) is 7.32. The van der Waals surface area contributed by atoms with Crippen LogP contribution in [0.1, 0.15) is 25.7 Å². The SMILES string of the molecule is c1ccc2c3c(cc(N4CCOCC4)c2c1)O[C@@]1([NH+]2CCOCC2)CCCC[C@@H]1O3. The highest BCUT2D eigenvalue weighted by Crippen LogP contribution is 2.48. The second-order valence-corrected chi connectivity index (χ2v) is 8.93. The van der Waals surface area contributed by atoms with Crippen molar-refractivity contribution in [2.75, 3.05) is 57.5 Å². The normalized spacial score (nSPS) is 29.6. The molecule has 0 spiro atoms. The zero-order valence-corrected chi connectivity index (χ0v) is 17.5. The van der Waals surface area contributed by atoms with Crippen molar-refractivity contribution in [3.8, 4) is 11.5 Å². The molecular weight excluding hydrogens is 380 g/mol. The fraction of sp³-hybridized carbons (Fsp3) is 0.583. The van der Waals surface area contributed by atoms with Crippen molar-refractivity contribution in [2.45, 2.75) is 37.5 Å². The molecule has 2 atom stereocenters. The molecule has 30 heavy (non-hydrogen) atoms. The molecule has 2 saturated heterocycles. The maximum atomic E-state index is 7.03. The Hall–Kier alpha value is -2.02. The third-order valence-corrected chi connectivity index (χ3v) is 7.32. The van der Waals surface area contributed by atoms with Gasteiger partial charge in [0.05, 0.1) is 26.4 Å². The zero-order valence-electron chi connectivity index (χ0n) is 17.5. The van der Waals surface area contributed by atoms with Crippen LogP contribution in [0, 0.1) is 0 Å². The van der Waals surface area contributed by atoms with Crippen LogP contribution in [0.2, 0.25) is 0 Å².